The molecule has 0 unspecified atom stereocenters. The summed E-state index contributed by atoms with van der Waals surface area (Å²) in [5.74, 6) is 0.124. The highest BCUT2D eigenvalue weighted by atomic mass is 16.4. The molecule has 0 aliphatic carbocycles. The van der Waals surface area contributed by atoms with Crippen LogP contribution >= 0.6 is 0 Å². The van der Waals surface area contributed by atoms with Gasteiger partial charge in [0.15, 0.2) is 0 Å². The fraction of sp³-hybridized carbons (Fsp3) is 0.214. The Kier molecular flexibility index (Phi) is 3.28. The first-order chi connectivity index (χ1) is 8.22. The lowest BCUT2D eigenvalue weighted by molar-refractivity contribution is 0.471. The van der Waals surface area contributed by atoms with Crippen LogP contribution in [0.15, 0.2) is 39.6 Å². The van der Waals surface area contributed by atoms with Crippen molar-refractivity contribution in [1.29, 1.82) is 0 Å². The third-order valence-corrected chi connectivity index (χ3v) is 2.55. The van der Waals surface area contributed by atoms with Gasteiger partial charge in [0.2, 0.25) is 0 Å². The van der Waals surface area contributed by atoms with Gasteiger partial charge >= 0.3 is 5.63 Å². The zero-order chi connectivity index (χ0) is 12.3. The van der Waals surface area contributed by atoms with Gasteiger partial charge in [-0.3, -0.25) is 0 Å². The molecule has 3 heteroatoms. The van der Waals surface area contributed by atoms with Crippen molar-refractivity contribution in [1.82, 2.24) is 0 Å². The van der Waals surface area contributed by atoms with Gasteiger partial charge in [-0.25, -0.2) is 4.79 Å². The van der Waals surface area contributed by atoms with Crippen molar-refractivity contribution in [3.63, 3.8) is 0 Å². The zero-order valence-corrected chi connectivity index (χ0v) is 9.64. The van der Waals surface area contributed by atoms with Crippen LogP contribution in [0, 0.1) is 0 Å². The van der Waals surface area contributed by atoms with Gasteiger partial charge in [0, 0.05) is 11.5 Å². The van der Waals surface area contributed by atoms with E-state index in [9.17, 15) is 9.90 Å². The maximum absolute atomic E-state index is 11.2. The van der Waals surface area contributed by atoms with Crippen molar-refractivity contribution in [2.24, 2.45) is 0 Å². The maximum Gasteiger partial charge on any atom is 0.336 e. The van der Waals surface area contributed by atoms with E-state index in [2.05, 4.69) is 6.92 Å². The third-order valence-electron chi connectivity index (χ3n) is 2.55. The van der Waals surface area contributed by atoms with E-state index in [1.807, 2.05) is 6.08 Å². The molecule has 0 amide bonds. The van der Waals surface area contributed by atoms with Gasteiger partial charge in [0.05, 0.1) is 5.56 Å². The number of unbranched alkanes of at least 4 members (excludes halogenated alkanes) is 1. The Hall–Kier alpha value is -2.03. The molecule has 1 N–H and O–H groups in total. The first-order valence-electron chi connectivity index (χ1n) is 5.64. The molecule has 0 spiro atoms. The Balaban J connectivity index is 2.62. The second kappa shape index (κ2) is 4.87. The van der Waals surface area contributed by atoms with Crippen LogP contribution in [-0.4, -0.2) is 5.11 Å². The summed E-state index contributed by atoms with van der Waals surface area (Å²) < 4.78 is 5.14. The van der Waals surface area contributed by atoms with Crippen molar-refractivity contribution in [2.75, 3.05) is 0 Å². The molecule has 0 bridgehead atoms. The van der Waals surface area contributed by atoms with Crippen LogP contribution in [0.4, 0.5) is 0 Å². The first kappa shape index (κ1) is 11.5. The number of aromatic hydroxyl groups is 1. The molecule has 1 heterocycles. The molecule has 0 saturated heterocycles. The number of rotatable bonds is 3. The molecule has 0 aliphatic heterocycles. The normalized spacial score (nSPS) is 11.4. The lowest BCUT2D eigenvalue weighted by atomic mass is 10.1. The van der Waals surface area contributed by atoms with E-state index >= 15 is 0 Å². The Morgan fingerprint density at radius 2 is 2.06 bits per heavy atom. The van der Waals surface area contributed by atoms with E-state index < -0.39 is 5.63 Å². The summed E-state index contributed by atoms with van der Waals surface area (Å²) in [7, 11) is 0. The maximum atomic E-state index is 11.2. The Morgan fingerprint density at radius 3 is 2.82 bits per heavy atom. The molecule has 0 atom stereocenters. The summed E-state index contributed by atoms with van der Waals surface area (Å²) >= 11 is 0. The van der Waals surface area contributed by atoms with Crippen molar-refractivity contribution in [3.05, 3.63) is 46.3 Å². The Labute approximate surface area is 99.0 Å². The molecule has 2 aromatic rings. The van der Waals surface area contributed by atoms with Crippen molar-refractivity contribution in [3.8, 4) is 5.75 Å². The number of phenolic OH excluding ortho intramolecular Hbond substituents is 1. The van der Waals surface area contributed by atoms with E-state index in [1.54, 1.807) is 24.3 Å². The largest absolute Gasteiger partial charge is 0.507 e. The van der Waals surface area contributed by atoms with Crippen molar-refractivity contribution < 1.29 is 9.52 Å². The molecule has 0 fully saturated rings. The summed E-state index contributed by atoms with van der Waals surface area (Å²) in [5.41, 5.74) is 0.590. The highest BCUT2D eigenvalue weighted by Crippen LogP contribution is 2.27. The van der Waals surface area contributed by atoms with E-state index in [-0.39, 0.29) is 5.75 Å². The van der Waals surface area contributed by atoms with Gasteiger partial charge in [-0.15, -0.1) is 0 Å². The predicted molar refractivity (Wildman–Crippen MR) is 68.1 cm³/mol. The van der Waals surface area contributed by atoms with Crippen LogP contribution in [0.2, 0.25) is 0 Å². The summed E-state index contributed by atoms with van der Waals surface area (Å²) in [6.45, 7) is 2.08. The quantitative estimate of drug-likeness (QED) is 0.823. The monoisotopic (exact) mass is 230 g/mol. The van der Waals surface area contributed by atoms with Crippen LogP contribution in [0.1, 0.15) is 25.3 Å². The highest BCUT2D eigenvalue weighted by molar-refractivity contribution is 5.88. The van der Waals surface area contributed by atoms with Crippen LogP contribution in [-0.2, 0) is 0 Å². The zero-order valence-electron chi connectivity index (χ0n) is 9.64. The third kappa shape index (κ3) is 2.38. The van der Waals surface area contributed by atoms with E-state index in [4.69, 9.17) is 4.42 Å². The molecule has 0 aliphatic rings. The molecular weight excluding hydrogens is 216 g/mol. The number of phenols is 1. The van der Waals surface area contributed by atoms with Gasteiger partial charge in [-0.05, 0) is 24.6 Å². The second-order valence-corrected chi connectivity index (χ2v) is 3.86. The molecule has 1 aromatic heterocycles. The minimum Gasteiger partial charge on any atom is -0.507 e. The summed E-state index contributed by atoms with van der Waals surface area (Å²) in [5, 5.41) is 10.6. The first-order valence-corrected chi connectivity index (χ1v) is 5.64. The van der Waals surface area contributed by atoms with Gasteiger partial charge in [-0.2, -0.15) is 0 Å². The van der Waals surface area contributed by atoms with Gasteiger partial charge in [0.25, 0.3) is 0 Å². The number of fused-ring (bicyclic) bond motifs is 1. The molecule has 88 valence electrons. The predicted octanol–water partition coefficient (Wildman–Crippen LogP) is 3.31. The smallest absolute Gasteiger partial charge is 0.336 e. The van der Waals surface area contributed by atoms with Gasteiger partial charge in [0.1, 0.15) is 11.3 Å². The minimum absolute atomic E-state index is 0.124. The molecule has 0 saturated carbocycles. The number of hydrogen-bond donors (Lipinski definition) is 1. The summed E-state index contributed by atoms with van der Waals surface area (Å²) in [6, 6.07) is 6.40. The Bertz CT molecular complexity index is 608. The van der Waals surface area contributed by atoms with E-state index in [0.717, 1.165) is 18.2 Å². The SMILES string of the molecule is CCCC=Cc1c(O)ccc2ccc(=O)oc12. The Morgan fingerprint density at radius 1 is 1.29 bits per heavy atom. The molecule has 0 radical (unpaired) electrons. The number of hydrogen-bond acceptors (Lipinski definition) is 3. The van der Waals surface area contributed by atoms with Crippen LogP contribution in [0.25, 0.3) is 17.0 Å². The number of allylic oxidation sites excluding steroid dienone is 1. The average Bonchev–Trinajstić information content (AvgIpc) is 2.32. The standard InChI is InChI=1S/C14H14O3/c1-2-3-4-5-11-12(15)8-6-10-7-9-13(16)17-14(10)11/h4-9,15H,2-3H2,1H3. The number of benzene rings is 1. The van der Waals surface area contributed by atoms with E-state index in [0.29, 0.717) is 11.1 Å². The molecule has 1 aromatic carbocycles. The summed E-state index contributed by atoms with van der Waals surface area (Å²) in [4.78, 5) is 11.2. The second-order valence-electron chi connectivity index (χ2n) is 3.86. The minimum atomic E-state index is -0.409. The molecule has 17 heavy (non-hydrogen) atoms. The topological polar surface area (TPSA) is 50.4 Å². The van der Waals surface area contributed by atoms with Gasteiger partial charge < -0.3 is 9.52 Å². The van der Waals surface area contributed by atoms with E-state index in [1.165, 1.54) is 6.07 Å². The van der Waals surface area contributed by atoms with Crippen LogP contribution in [0.3, 0.4) is 0 Å². The fourth-order valence-corrected chi connectivity index (χ4v) is 1.67. The molecular formula is C14H14O3. The fourth-order valence-electron chi connectivity index (χ4n) is 1.67. The van der Waals surface area contributed by atoms with Crippen LogP contribution in [0.5, 0.6) is 5.75 Å². The summed E-state index contributed by atoms with van der Waals surface area (Å²) in [6.07, 6.45) is 5.71. The lowest BCUT2D eigenvalue weighted by Crippen LogP contribution is -1.95. The molecule has 2 rings (SSSR count). The van der Waals surface area contributed by atoms with Gasteiger partial charge in [-0.1, -0.05) is 25.5 Å². The highest BCUT2D eigenvalue weighted by Gasteiger charge is 2.06. The average molecular weight is 230 g/mol. The van der Waals surface area contributed by atoms with Crippen molar-refractivity contribution >= 4 is 17.0 Å². The lowest BCUT2D eigenvalue weighted by Gasteiger charge is -2.03. The molecule has 3 nitrogen and oxygen atoms in total. The van der Waals surface area contributed by atoms with Crippen molar-refractivity contribution in [2.45, 2.75) is 19.8 Å². The van der Waals surface area contributed by atoms with Crippen LogP contribution < -0.4 is 5.63 Å².